The highest BCUT2D eigenvalue weighted by Crippen LogP contribution is 2.30. The van der Waals surface area contributed by atoms with Gasteiger partial charge in [-0.2, -0.15) is 18.3 Å². The Hall–Kier alpha value is -1.57. The van der Waals surface area contributed by atoms with Crippen LogP contribution >= 0.6 is 0 Å². The summed E-state index contributed by atoms with van der Waals surface area (Å²) in [4.78, 5) is 14.3. The molecule has 1 fully saturated rings. The number of hydrogen-bond donors (Lipinski definition) is 1. The molecule has 0 spiro atoms. The fraction of sp³-hybridized carbons (Fsp3) is 0.714. The van der Waals surface area contributed by atoms with Gasteiger partial charge in [0.05, 0.1) is 5.56 Å². The van der Waals surface area contributed by atoms with Crippen LogP contribution in [0.4, 0.5) is 13.2 Å². The normalized spacial score (nSPS) is 20.1. The van der Waals surface area contributed by atoms with Crippen molar-refractivity contribution in [3.05, 3.63) is 17.5 Å². The van der Waals surface area contributed by atoms with E-state index in [1.54, 1.807) is 0 Å². The van der Waals surface area contributed by atoms with Crippen molar-refractivity contribution in [2.45, 2.75) is 25.9 Å². The molecule has 1 aromatic heterocycles. The van der Waals surface area contributed by atoms with Crippen LogP contribution in [0.2, 0.25) is 0 Å². The molecule has 1 aliphatic rings. The summed E-state index contributed by atoms with van der Waals surface area (Å²) < 4.78 is 39.6. The van der Waals surface area contributed by atoms with Crippen molar-refractivity contribution in [3.63, 3.8) is 0 Å². The predicted octanol–water partition coefficient (Wildman–Crippen LogP) is 1.90. The monoisotopic (exact) mass is 318 g/mol. The van der Waals surface area contributed by atoms with Crippen molar-refractivity contribution in [1.29, 1.82) is 0 Å². The Morgan fingerprint density at radius 2 is 2.23 bits per heavy atom. The van der Waals surface area contributed by atoms with Gasteiger partial charge in [0.2, 0.25) is 0 Å². The summed E-state index contributed by atoms with van der Waals surface area (Å²) in [5.41, 5.74) is -1.55. The van der Waals surface area contributed by atoms with Crippen molar-refractivity contribution in [3.8, 4) is 0 Å². The van der Waals surface area contributed by atoms with Crippen molar-refractivity contribution in [2.75, 3.05) is 26.2 Å². The number of amides is 1. The predicted molar refractivity (Wildman–Crippen MR) is 75.4 cm³/mol. The lowest BCUT2D eigenvalue weighted by molar-refractivity contribution is -0.141. The first-order valence-corrected chi connectivity index (χ1v) is 7.42. The van der Waals surface area contributed by atoms with Crippen LogP contribution in [0.1, 0.15) is 35.8 Å². The molecule has 8 heteroatoms. The number of nitrogens with one attached hydrogen (secondary N) is 1. The molecule has 0 unspecified atom stereocenters. The number of aryl methyl sites for hydroxylation is 1. The zero-order valence-corrected chi connectivity index (χ0v) is 12.8. The van der Waals surface area contributed by atoms with Gasteiger partial charge in [-0.1, -0.05) is 6.92 Å². The van der Waals surface area contributed by atoms with Crippen molar-refractivity contribution in [2.24, 2.45) is 13.0 Å². The molecule has 1 aromatic rings. The fourth-order valence-corrected chi connectivity index (χ4v) is 2.80. The van der Waals surface area contributed by atoms with Gasteiger partial charge in [0.25, 0.3) is 5.91 Å². The molecule has 1 N–H and O–H groups in total. The molecule has 0 aromatic carbocycles. The van der Waals surface area contributed by atoms with Gasteiger partial charge in [-0.05, 0) is 31.8 Å². The van der Waals surface area contributed by atoms with E-state index < -0.39 is 23.3 Å². The summed E-state index contributed by atoms with van der Waals surface area (Å²) >= 11 is 0. The van der Waals surface area contributed by atoms with E-state index in [0.717, 1.165) is 43.4 Å². The summed E-state index contributed by atoms with van der Waals surface area (Å²) in [6.07, 6.45) is -1.49. The van der Waals surface area contributed by atoms with E-state index in [0.29, 0.717) is 6.54 Å². The quantitative estimate of drug-likeness (QED) is 0.922. The first-order valence-electron chi connectivity index (χ1n) is 7.42. The average molecular weight is 318 g/mol. The van der Waals surface area contributed by atoms with Crippen LogP contribution < -0.4 is 5.32 Å². The summed E-state index contributed by atoms with van der Waals surface area (Å²) in [5.74, 6) is -0.433. The highest BCUT2D eigenvalue weighted by atomic mass is 19.4. The van der Waals surface area contributed by atoms with Crippen LogP contribution in [0.25, 0.3) is 0 Å². The first-order chi connectivity index (χ1) is 10.3. The number of carbonyl (C=O) groups is 1. The Labute approximate surface area is 127 Å². The molecule has 0 aliphatic carbocycles. The van der Waals surface area contributed by atoms with E-state index in [9.17, 15) is 18.0 Å². The van der Waals surface area contributed by atoms with Crippen LogP contribution in [-0.4, -0.2) is 46.8 Å². The lowest BCUT2D eigenvalue weighted by Crippen LogP contribution is -2.40. The number of carbonyl (C=O) groups excluding carboxylic acids is 1. The third-order valence-corrected chi connectivity index (χ3v) is 3.94. The van der Waals surface area contributed by atoms with Gasteiger partial charge >= 0.3 is 6.18 Å². The number of hydrogen-bond acceptors (Lipinski definition) is 3. The number of likely N-dealkylation sites (tertiary alicyclic amines) is 1. The number of rotatable bonds is 4. The summed E-state index contributed by atoms with van der Waals surface area (Å²) in [7, 11) is 1.37. The molecule has 1 amide bonds. The van der Waals surface area contributed by atoms with Gasteiger partial charge in [-0.15, -0.1) is 0 Å². The number of piperidine rings is 1. The van der Waals surface area contributed by atoms with Gasteiger partial charge in [0.15, 0.2) is 5.69 Å². The van der Waals surface area contributed by atoms with Gasteiger partial charge in [0, 0.05) is 26.3 Å². The van der Waals surface area contributed by atoms with Crippen LogP contribution in [-0.2, 0) is 13.2 Å². The van der Waals surface area contributed by atoms with E-state index in [-0.39, 0.29) is 5.92 Å². The molecule has 2 heterocycles. The molecule has 5 nitrogen and oxygen atoms in total. The Bertz CT molecular complexity index is 527. The molecule has 0 saturated carbocycles. The van der Waals surface area contributed by atoms with Crippen molar-refractivity contribution >= 4 is 5.91 Å². The van der Waals surface area contributed by atoms with Crippen LogP contribution in [0, 0.1) is 5.92 Å². The molecule has 1 saturated heterocycles. The van der Waals surface area contributed by atoms with Crippen molar-refractivity contribution in [1.82, 2.24) is 20.0 Å². The molecule has 22 heavy (non-hydrogen) atoms. The highest BCUT2D eigenvalue weighted by Gasteiger charge is 2.39. The van der Waals surface area contributed by atoms with Gasteiger partial charge < -0.3 is 10.2 Å². The molecular formula is C14H21F3N4O. The maximum Gasteiger partial charge on any atom is 0.435 e. The molecule has 2 rings (SSSR count). The Morgan fingerprint density at radius 1 is 1.50 bits per heavy atom. The van der Waals surface area contributed by atoms with Crippen molar-refractivity contribution < 1.29 is 18.0 Å². The summed E-state index contributed by atoms with van der Waals surface area (Å²) in [6.45, 7) is 5.33. The molecular weight excluding hydrogens is 297 g/mol. The number of halogens is 3. The van der Waals surface area contributed by atoms with Gasteiger partial charge in [-0.25, -0.2) is 0 Å². The Balaban J connectivity index is 1.98. The SMILES string of the molecule is CCN1CCC[C@@H](CNC(=O)c2cn(C)nc2C(F)(F)F)C1. The second kappa shape index (κ2) is 6.68. The second-order valence-electron chi connectivity index (χ2n) is 5.67. The van der Waals surface area contributed by atoms with E-state index in [2.05, 4.69) is 22.2 Å². The Morgan fingerprint density at radius 3 is 2.86 bits per heavy atom. The highest BCUT2D eigenvalue weighted by molar-refractivity contribution is 5.95. The lowest BCUT2D eigenvalue weighted by atomic mass is 9.98. The minimum atomic E-state index is -4.63. The lowest BCUT2D eigenvalue weighted by Gasteiger charge is -2.31. The standard InChI is InChI=1S/C14H21F3N4O/c1-3-21-6-4-5-10(8-21)7-18-13(22)11-9-20(2)19-12(11)14(15,16)17/h9-10H,3-8H2,1-2H3,(H,18,22)/t10-/m0/s1. The van der Waals surface area contributed by atoms with Crippen LogP contribution in [0.15, 0.2) is 6.20 Å². The molecule has 0 bridgehead atoms. The zero-order chi connectivity index (χ0) is 16.3. The van der Waals surface area contributed by atoms with E-state index >= 15 is 0 Å². The zero-order valence-electron chi connectivity index (χ0n) is 12.8. The number of aromatic nitrogens is 2. The third-order valence-electron chi connectivity index (χ3n) is 3.94. The van der Waals surface area contributed by atoms with Gasteiger partial charge in [-0.3, -0.25) is 9.48 Å². The van der Waals surface area contributed by atoms with E-state index in [1.807, 2.05) is 0 Å². The number of nitrogens with zero attached hydrogens (tertiary/aromatic N) is 3. The average Bonchev–Trinajstić information content (AvgIpc) is 2.87. The Kier molecular flexibility index (Phi) is 5.10. The summed E-state index contributed by atoms with van der Waals surface area (Å²) in [6, 6.07) is 0. The second-order valence-corrected chi connectivity index (χ2v) is 5.67. The first kappa shape index (κ1) is 16.8. The molecule has 124 valence electrons. The number of alkyl halides is 3. The molecule has 1 aliphatic heterocycles. The van der Waals surface area contributed by atoms with Gasteiger partial charge in [0.1, 0.15) is 0 Å². The maximum absolute atomic E-state index is 12.9. The van der Waals surface area contributed by atoms with Crippen LogP contribution in [0.5, 0.6) is 0 Å². The third kappa shape index (κ3) is 4.00. The topological polar surface area (TPSA) is 50.2 Å². The van der Waals surface area contributed by atoms with E-state index in [4.69, 9.17) is 0 Å². The minimum absolute atomic E-state index is 0.281. The summed E-state index contributed by atoms with van der Waals surface area (Å²) in [5, 5.41) is 5.97. The molecule has 0 radical (unpaired) electrons. The largest absolute Gasteiger partial charge is 0.435 e. The fourth-order valence-electron chi connectivity index (χ4n) is 2.80. The minimum Gasteiger partial charge on any atom is -0.352 e. The van der Waals surface area contributed by atoms with Crippen LogP contribution in [0.3, 0.4) is 0 Å². The molecule has 1 atom stereocenters. The maximum atomic E-state index is 12.9. The smallest absolute Gasteiger partial charge is 0.352 e. The van der Waals surface area contributed by atoms with E-state index in [1.165, 1.54) is 7.05 Å².